The van der Waals surface area contributed by atoms with Gasteiger partial charge >= 0.3 is 0 Å². The number of hydrogen-bond donors (Lipinski definition) is 1. The van der Waals surface area contributed by atoms with E-state index in [4.69, 9.17) is 15.2 Å². The number of carbonyl (C=O) groups excluding carboxylic acids is 1. The standard InChI is InChI=1S/C17H18N2O3/c1-21-13-9-8-11(10-14(13)22-2)16-15(18)17(20)19(16)12-6-4-3-5-7-12/h3-10,15-16H,18H2,1-2H3/t15-,16+/m1/s1. The minimum Gasteiger partial charge on any atom is -0.493 e. The van der Waals surface area contributed by atoms with Crippen LogP contribution in [0.2, 0.25) is 0 Å². The number of rotatable bonds is 4. The van der Waals surface area contributed by atoms with E-state index in [-0.39, 0.29) is 11.9 Å². The van der Waals surface area contributed by atoms with E-state index in [0.717, 1.165) is 11.3 Å². The van der Waals surface area contributed by atoms with Gasteiger partial charge in [0.05, 0.1) is 20.3 Å². The molecular formula is C17H18N2O3. The maximum Gasteiger partial charge on any atom is 0.247 e. The molecule has 1 aliphatic heterocycles. The summed E-state index contributed by atoms with van der Waals surface area (Å²) >= 11 is 0. The molecule has 2 N–H and O–H groups in total. The molecule has 0 unspecified atom stereocenters. The Balaban J connectivity index is 1.98. The largest absolute Gasteiger partial charge is 0.493 e. The van der Waals surface area contributed by atoms with Crippen LogP contribution in [0.25, 0.3) is 0 Å². The van der Waals surface area contributed by atoms with Crippen molar-refractivity contribution < 1.29 is 14.3 Å². The van der Waals surface area contributed by atoms with Gasteiger partial charge in [-0.25, -0.2) is 0 Å². The smallest absolute Gasteiger partial charge is 0.247 e. The van der Waals surface area contributed by atoms with Gasteiger partial charge in [0.2, 0.25) is 5.91 Å². The van der Waals surface area contributed by atoms with Gasteiger partial charge in [-0.05, 0) is 29.8 Å². The van der Waals surface area contributed by atoms with E-state index < -0.39 is 6.04 Å². The summed E-state index contributed by atoms with van der Waals surface area (Å²) in [5, 5.41) is 0. The van der Waals surface area contributed by atoms with E-state index in [0.29, 0.717) is 11.5 Å². The molecule has 0 saturated carbocycles. The van der Waals surface area contributed by atoms with Crippen LogP contribution in [0.15, 0.2) is 48.5 Å². The van der Waals surface area contributed by atoms with Crippen molar-refractivity contribution in [3.05, 3.63) is 54.1 Å². The second-order valence-corrected chi connectivity index (χ2v) is 5.13. The minimum absolute atomic E-state index is 0.0778. The fraction of sp³-hybridized carbons (Fsp3) is 0.235. The Morgan fingerprint density at radius 3 is 2.32 bits per heavy atom. The lowest BCUT2D eigenvalue weighted by molar-refractivity contribution is -0.126. The highest BCUT2D eigenvalue weighted by Gasteiger charge is 2.46. The highest BCUT2D eigenvalue weighted by atomic mass is 16.5. The van der Waals surface area contributed by atoms with Crippen molar-refractivity contribution in [2.45, 2.75) is 12.1 Å². The molecule has 0 radical (unpaired) electrons. The van der Waals surface area contributed by atoms with Gasteiger partial charge in [-0.15, -0.1) is 0 Å². The molecule has 3 rings (SSSR count). The number of hydrogen-bond acceptors (Lipinski definition) is 4. The molecule has 5 nitrogen and oxygen atoms in total. The van der Waals surface area contributed by atoms with Crippen molar-refractivity contribution in [3.63, 3.8) is 0 Å². The third-order valence-corrected chi connectivity index (χ3v) is 3.92. The van der Waals surface area contributed by atoms with Crippen molar-refractivity contribution in [3.8, 4) is 11.5 Å². The summed E-state index contributed by atoms with van der Waals surface area (Å²) in [7, 11) is 3.18. The van der Waals surface area contributed by atoms with Gasteiger partial charge in [0.1, 0.15) is 6.04 Å². The molecule has 2 atom stereocenters. The van der Waals surface area contributed by atoms with Crippen LogP contribution in [0, 0.1) is 0 Å². The summed E-state index contributed by atoms with van der Waals surface area (Å²) < 4.78 is 10.6. The van der Waals surface area contributed by atoms with E-state index in [2.05, 4.69) is 0 Å². The topological polar surface area (TPSA) is 64.8 Å². The van der Waals surface area contributed by atoms with E-state index in [1.165, 1.54) is 0 Å². The van der Waals surface area contributed by atoms with E-state index in [1.54, 1.807) is 19.1 Å². The maximum absolute atomic E-state index is 12.2. The molecule has 1 fully saturated rings. The number of carbonyl (C=O) groups is 1. The normalized spacial score (nSPS) is 20.5. The molecule has 22 heavy (non-hydrogen) atoms. The number of methoxy groups -OCH3 is 2. The molecule has 1 saturated heterocycles. The SMILES string of the molecule is COc1ccc([C@H]2[C@@H](N)C(=O)N2c2ccccc2)cc1OC. The molecule has 1 amide bonds. The number of benzene rings is 2. The first-order valence-corrected chi connectivity index (χ1v) is 7.03. The zero-order valence-corrected chi connectivity index (χ0v) is 12.5. The lowest BCUT2D eigenvalue weighted by Gasteiger charge is -2.45. The number of anilines is 1. The average molecular weight is 298 g/mol. The predicted octanol–water partition coefficient (Wildman–Crippen LogP) is 2.12. The first kappa shape index (κ1) is 14.4. The number of nitrogens with zero attached hydrogens (tertiary/aromatic N) is 1. The predicted molar refractivity (Wildman–Crippen MR) is 84.2 cm³/mol. The zero-order valence-electron chi connectivity index (χ0n) is 12.5. The number of ether oxygens (including phenoxy) is 2. The summed E-state index contributed by atoms with van der Waals surface area (Å²) in [4.78, 5) is 13.9. The number of amides is 1. The number of nitrogens with two attached hydrogens (primary N) is 1. The van der Waals surface area contributed by atoms with Gasteiger partial charge in [0, 0.05) is 5.69 Å². The van der Waals surface area contributed by atoms with Gasteiger partial charge < -0.3 is 20.1 Å². The second-order valence-electron chi connectivity index (χ2n) is 5.13. The van der Waals surface area contributed by atoms with Crippen LogP contribution in [0.5, 0.6) is 11.5 Å². The molecule has 2 aromatic carbocycles. The van der Waals surface area contributed by atoms with Crippen LogP contribution in [-0.4, -0.2) is 26.2 Å². The Hall–Kier alpha value is -2.53. The molecule has 114 valence electrons. The minimum atomic E-state index is -0.543. The summed E-state index contributed by atoms with van der Waals surface area (Å²) in [6.07, 6.45) is 0. The Bertz CT molecular complexity index is 688. The molecule has 0 aliphatic carbocycles. The number of para-hydroxylation sites is 1. The number of β-lactam (4-membered cyclic amide) rings is 1. The van der Waals surface area contributed by atoms with Gasteiger partial charge in [0.15, 0.2) is 11.5 Å². The van der Waals surface area contributed by atoms with Crippen molar-refractivity contribution in [1.82, 2.24) is 0 Å². The fourth-order valence-corrected chi connectivity index (χ4v) is 2.78. The molecule has 0 spiro atoms. The molecule has 0 bridgehead atoms. The zero-order chi connectivity index (χ0) is 15.7. The van der Waals surface area contributed by atoms with Crippen LogP contribution >= 0.6 is 0 Å². The van der Waals surface area contributed by atoms with Gasteiger partial charge in [-0.3, -0.25) is 4.79 Å². The quantitative estimate of drug-likeness (QED) is 0.878. The highest BCUT2D eigenvalue weighted by molar-refractivity contribution is 6.05. The molecule has 1 aliphatic rings. The summed E-state index contributed by atoms with van der Waals surface area (Å²) in [6, 6.07) is 14.4. The first-order valence-electron chi connectivity index (χ1n) is 7.03. The lowest BCUT2D eigenvalue weighted by Crippen LogP contribution is -2.63. The molecule has 5 heteroatoms. The Morgan fingerprint density at radius 1 is 1.00 bits per heavy atom. The maximum atomic E-state index is 12.2. The van der Waals surface area contributed by atoms with E-state index >= 15 is 0 Å². The lowest BCUT2D eigenvalue weighted by atomic mass is 9.88. The van der Waals surface area contributed by atoms with Crippen molar-refractivity contribution in [1.29, 1.82) is 0 Å². The van der Waals surface area contributed by atoms with Crippen LogP contribution in [0.3, 0.4) is 0 Å². The molecule has 2 aromatic rings. The average Bonchev–Trinajstić information content (AvgIpc) is 2.58. The van der Waals surface area contributed by atoms with Gasteiger partial charge in [0.25, 0.3) is 0 Å². The van der Waals surface area contributed by atoms with Crippen LogP contribution < -0.4 is 20.1 Å². The second kappa shape index (κ2) is 5.69. The third kappa shape index (κ3) is 2.19. The van der Waals surface area contributed by atoms with E-state index in [1.807, 2.05) is 48.5 Å². The third-order valence-electron chi connectivity index (χ3n) is 3.92. The highest BCUT2D eigenvalue weighted by Crippen LogP contribution is 2.40. The van der Waals surface area contributed by atoms with E-state index in [9.17, 15) is 4.79 Å². The Kier molecular flexibility index (Phi) is 3.73. The summed E-state index contributed by atoms with van der Waals surface area (Å²) in [5.41, 5.74) is 7.79. The monoisotopic (exact) mass is 298 g/mol. The Morgan fingerprint density at radius 2 is 1.68 bits per heavy atom. The summed E-state index contributed by atoms with van der Waals surface area (Å²) in [5.74, 6) is 1.20. The van der Waals surface area contributed by atoms with Gasteiger partial charge in [-0.1, -0.05) is 24.3 Å². The van der Waals surface area contributed by atoms with Gasteiger partial charge in [-0.2, -0.15) is 0 Å². The van der Waals surface area contributed by atoms with Crippen molar-refractivity contribution in [2.75, 3.05) is 19.1 Å². The summed E-state index contributed by atoms with van der Waals surface area (Å²) in [6.45, 7) is 0. The molecule has 0 aromatic heterocycles. The first-order chi connectivity index (χ1) is 10.7. The fourth-order valence-electron chi connectivity index (χ4n) is 2.78. The molecular weight excluding hydrogens is 280 g/mol. The van der Waals surface area contributed by atoms with Crippen LogP contribution in [-0.2, 0) is 4.79 Å². The van der Waals surface area contributed by atoms with Crippen molar-refractivity contribution >= 4 is 11.6 Å². The van der Waals surface area contributed by atoms with Crippen LogP contribution in [0.1, 0.15) is 11.6 Å². The molecule has 1 heterocycles. The van der Waals surface area contributed by atoms with Crippen molar-refractivity contribution in [2.24, 2.45) is 5.73 Å². The Labute approximate surface area is 129 Å². The van der Waals surface area contributed by atoms with Crippen LogP contribution in [0.4, 0.5) is 5.69 Å².